The Balaban J connectivity index is 4.18. The number of hydrogen-bond donors (Lipinski definition) is 0. The van der Waals surface area contributed by atoms with Gasteiger partial charge in [-0.1, -0.05) is 0 Å². The second-order valence-corrected chi connectivity index (χ2v) is 7.95. The molecule has 0 atom stereocenters. The van der Waals surface area contributed by atoms with Crippen molar-refractivity contribution in [2.45, 2.75) is 75.6 Å². The molecule has 1 radical (unpaired) electrons. The van der Waals surface area contributed by atoms with Crippen LogP contribution in [0.15, 0.2) is 0 Å². The summed E-state index contributed by atoms with van der Waals surface area (Å²) in [7, 11) is 0. The van der Waals surface area contributed by atoms with Gasteiger partial charge in [0, 0.05) is 0 Å². The summed E-state index contributed by atoms with van der Waals surface area (Å²) in [5, 5.41) is 0. The summed E-state index contributed by atoms with van der Waals surface area (Å²) in [4.78, 5) is 0. The van der Waals surface area contributed by atoms with Gasteiger partial charge in [-0.25, -0.2) is 0 Å². The standard InChI is InChI=1S/C12H25.O.Sn/c1-4-7-10-12(9-6-3)11-8-5-2;;/h4-11H2,1-3H3;;. The molecule has 0 bridgehead atoms. The first-order chi connectivity index (χ1) is 6.74. The van der Waals surface area contributed by atoms with Gasteiger partial charge in [0.1, 0.15) is 0 Å². The van der Waals surface area contributed by atoms with Crippen molar-refractivity contribution in [2.24, 2.45) is 0 Å². The van der Waals surface area contributed by atoms with Gasteiger partial charge in [0.25, 0.3) is 0 Å². The van der Waals surface area contributed by atoms with Crippen LogP contribution < -0.4 is 0 Å². The molecule has 0 aromatic heterocycles. The normalized spacial score (nSPS) is 11.6. The second kappa shape index (κ2) is 8.87. The van der Waals surface area contributed by atoms with Gasteiger partial charge in [-0.3, -0.25) is 0 Å². The van der Waals surface area contributed by atoms with E-state index in [1.807, 2.05) is 0 Å². The van der Waals surface area contributed by atoms with Crippen LogP contribution in [0.1, 0.15) is 72.1 Å². The molecule has 0 saturated heterocycles. The van der Waals surface area contributed by atoms with E-state index in [2.05, 4.69) is 20.8 Å². The molecule has 0 spiro atoms. The van der Waals surface area contributed by atoms with E-state index in [1.54, 1.807) is 0 Å². The Bertz CT molecular complexity index is 137. The summed E-state index contributed by atoms with van der Waals surface area (Å²) in [5.41, 5.74) is 0. The molecular weight excluding hydrogens is 279 g/mol. The van der Waals surface area contributed by atoms with Crippen LogP contribution in [0.3, 0.4) is 0 Å². The first kappa shape index (κ1) is 14.6. The van der Waals surface area contributed by atoms with Crippen molar-refractivity contribution in [2.75, 3.05) is 0 Å². The Hall–Kier alpha value is 0.599. The Morgan fingerprint density at radius 2 is 1.36 bits per heavy atom. The van der Waals surface area contributed by atoms with E-state index >= 15 is 0 Å². The monoisotopic (exact) mass is 305 g/mol. The zero-order valence-corrected chi connectivity index (χ0v) is 12.9. The van der Waals surface area contributed by atoms with Crippen molar-refractivity contribution < 1.29 is 3.08 Å². The quantitative estimate of drug-likeness (QED) is 0.578. The number of hydrogen-bond acceptors (Lipinski definition) is 1. The summed E-state index contributed by atoms with van der Waals surface area (Å²) < 4.78 is 11.8. The van der Waals surface area contributed by atoms with E-state index in [4.69, 9.17) is 0 Å². The minimum absolute atomic E-state index is 0.310. The zero-order chi connectivity index (χ0) is 10.9. The predicted octanol–water partition coefficient (Wildman–Crippen LogP) is 4.38. The molecule has 14 heavy (non-hydrogen) atoms. The van der Waals surface area contributed by atoms with Crippen molar-refractivity contribution in [1.82, 2.24) is 0 Å². The summed E-state index contributed by atoms with van der Waals surface area (Å²) in [6.07, 6.45) is 9.91. The van der Waals surface area contributed by atoms with E-state index in [0.29, 0.717) is 3.43 Å². The fourth-order valence-electron chi connectivity index (χ4n) is 2.04. The molecule has 0 heterocycles. The number of rotatable bonds is 9. The van der Waals surface area contributed by atoms with Gasteiger partial charge >= 0.3 is 99.8 Å². The van der Waals surface area contributed by atoms with Gasteiger partial charge in [0.05, 0.1) is 0 Å². The molecule has 0 aromatic rings. The van der Waals surface area contributed by atoms with E-state index < -0.39 is 21.1 Å². The molecule has 0 saturated carbocycles. The molecule has 0 rings (SSSR count). The van der Waals surface area contributed by atoms with Gasteiger partial charge in [-0.05, 0) is 0 Å². The van der Waals surface area contributed by atoms with Crippen molar-refractivity contribution >= 4 is 21.1 Å². The average Bonchev–Trinajstić information content (AvgIpc) is 2.22. The second-order valence-electron chi connectivity index (χ2n) is 4.34. The third kappa shape index (κ3) is 5.47. The van der Waals surface area contributed by atoms with Crippen molar-refractivity contribution in [3.63, 3.8) is 0 Å². The van der Waals surface area contributed by atoms with Crippen LogP contribution in [-0.4, -0.2) is 21.1 Å². The Kier molecular flexibility index (Phi) is 9.25. The Morgan fingerprint density at radius 1 is 0.857 bits per heavy atom. The van der Waals surface area contributed by atoms with E-state index in [1.165, 1.54) is 51.4 Å². The van der Waals surface area contributed by atoms with Gasteiger partial charge in [-0.2, -0.15) is 0 Å². The molecule has 1 nitrogen and oxygen atoms in total. The van der Waals surface area contributed by atoms with E-state index in [0.717, 1.165) is 0 Å². The zero-order valence-electron chi connectivity index (χ0n) is 10.1. The molecular formula is C12H25OSn. The molecule has 0 aromatic carbocycles. The molecule has 83 valence electrons. The maximum atomic E-state index is 11.5. The third-order valence-corrected chi connectivity index (χ3v) is 6.34. The molecule has 0 aliphatic carbocycles. The summed E-state index contributed by atoms with van der Waals surface area (Å²) in [5.74, 6) is 0. The number of unbranched alkanes of at least 4 members (excludes halogenated alkanes) is 2. The average molecular weight is 304 g/mol. The summed E-state index contributed by atoms with van der Waals surface area (Å²) in [6, 6.07) is 0. The van der Waals surface area contributed by atoms with Gasteiger partial charge < -0.3 is 0 Å². The summed E-state index contributed by atoms with van der Waals surface area (Å²) in [6.45, 7) is 6.68. The molecule has 0 aliphatic rings. The first-order valence-electron chi connectivity index (χ1n) is 6.14. The van der Waals surface area contributed by atoms with E-state index in [9.17, 15) is 3.08 Å². The van der Waals surface area contributed by atoms with Gasteiger partial charge in [0.15, 0.2) is 0 Å². The van der Waals surface area contributed by atoms with Gasteiger partial charge in [-0.15, -0.1) is 0 Å². The fourth-order valence-corrected chi connectivity index (χ4v) is 4.63. The van der Waals surface area contributed by atoms with Crippen molar-refractivity contribution in [3.8, 4) is 0 Å². The van der Waals surface area contributed by atoms with Crippen molar-refractivity contribution in [1.29, 1.82) is 0 Å². The van der Waals surface area contributed by atoms with Gasteiger partial charge in [0.2, 0.25) is 0 Å². The fraction of sp³-hybridized carbons (Fsp3) is 1.00. The van der Waals surface area contributed by atoms with Crippen LogP contribution in [0.5, 0.6) is 0 Å². The van der Waals surface area contributed by atoms with Crippen LogP contribution in [0.25, 0.3) is 0 Å². The molecule has 0 aliphatic heterocycles. The first-order valence-corrected chi connectivity index (χ1v) is 8.73. The SMILES string of the molecule is CCCC[C](CCC)(CCCC)[Sn]=[O]. The minimum atomic E-state index is -1.35. The van der Waals surface area contributed by atoms with Crippen molar-refractivity contribution in [3.05, 3.63) is 0 Å². The van der Waals surface area contributed by atoms with Crippen LogP contribution >= 0.6 is 0 Å². The topological polar surface area (TPSA) is 17.1 Å². The van der Waals surface area contributed by atoms with E-state index in [-0.39, 0.29) is 0 Å². The molecule has 2 heteroatoms. The van der Waals surface area contributed by atoms with Crippen LogP contribution in [-0.2, 0) is 3.08 Å². The predicted molar refractivity (Wildman–Crippen MR) is 63.1 cm³/mol. The van der Waals surface area contributed by atoms with Crippen LogP contribution in [0, 0.1) is 0 Å². The molecule has 0 N–H and O–H groups in total. The summed E-state index contributed by atoms with van der Waals surface area (Å²) >= 11 is -1.35. The Labute approximate surface area is 99.6 Å². The maximum absolute atomic E-state index is 11.5. The van der Waals surface area contributed by atoms with Crippen LogP contribution in [0.4, 0.5) is 0 Å². The molecule has 0 unspecified atom stereocenters. The van der Waals surface area contributed by atoms with Crippen LogP contribution in [0.2, 0.25) is 3.43 Å². The Morgan fingerprint density at radius 3 is 1.64 bits per heavy atom. The molecule has 0 amide bonds. The third-order valence-electron chi connectivity index (χ3n) is 2.96. The molecule has 0 fully saturated rings.